The molecule has 1 heterocycles. The number of benzene rings is 2. The summed E-state index contributed by atoms with van der Waals surface area (Å²) >= 11 is 0. The van der Waals surface area contributed by atoms with Gasteiger partial charge in [0.05, 0.1) is 7.11 Å². The third-order valence-electron chi connectivity index (χ3n) is 5.40. The van der Waals surface area contributed by atoms with Crippen LogP contribution in [-0.2, 0) is 6.54 Å². The zero-order valence-electron chi connectivity index (χ0n) is 15.6. The van der Waals surface area contributed by atoms with E-state index >= 15 is 0 Å². The molecule has 0 aromatic heterocycles. The first kappa shape index (κ1) is 17.7. The van der Waals surface area contributed by atoms with E-state index in [-0.39, 0.29) is 18.7 Å². The van der Waals surface area contributed by atoms with Crippen LogP contribution in [0.4, 0.5) is 0 Å². The number of nitrogens with zero attached hydrogens (tertiary/aromatic N) is 1. The topological polar surface area (TPSA) is 48.0 Å². The van der Waals surface area contributed by atoms with E-state index in [1.165, 1.54) is 19.3 Å². The van der Waals surface area contributed by atoms with Crippen LogP contribution in [0.5, 0.6) is 17.2 Å². The van der Waals surface area contributed by atoms with E-state index in [0.29, 0.717) is 12.1 Å². The van der Waals surface area contributed by atoms with Gasteiger partial charge in [-0.15, -0.1) is 0 Å². The number of methoxy groups -OCH3 is 1. The lowest BCUT2D eigenvalue weighted by Crippen LogP contribution is -2.41. The van der Waals surface area contributed by atoms with E-state index in [2.05, 4.69) is 0 Å². The summed E-state index contributed by atoms with van der Waals surface area (Å²) in [5.41, 5.74) is 1.76. The lowest BCUT2D eigenvalue weighted by atomic mass is 9.93. The number of carbonyl (C=O) groups excluding carboxylic acids is 1. The van der Waals surface area contributed by atoms with Crippen LogP contribution in [-0.4, -0.2) is 30.8 Å². The van der Waals surface area contributed by atoms with E-state index in [1.807, 2.05) is 47.4 Å². The second-order valence-corrected chi connectivity index (χ2v) is 7.14. The molecule has 142 valence electrons. The molecule has 0 unspecified atom stereocenters. The monoisotopic (exact) mass is 367 g/mol. The Morgan fingerprint density at radius 2 is 1.78 bits per heavy atom. The van der Waals surface area contributed by atoms with Gasteiger partial charge in [-0.3, -0.25) is 4.79 Å². The Balaban J connectivity index is 1.58. The largest absolute Gasteiger partial charge is 0.497 e. The van der Waals surface area contributed by atoms with Crippen molar-refractivity contribution in [1.29, 1.82) is 0 Å². The number of rotatable bonds is 5. The normalized spacial score (nSPS) is 16.2. The van der Waals surface area contributed by atoms with Crippen LogP contribution in [0.2, 0.25) is 0 Å². The fourth-order valence-electron chi connectivity index (χ4n) is 3.89. The maximum Gasteiger partial charge on any atom is 0.254 e. The Kier molecular flexibility index (Phi) is 5.19. The fourth-order valence-corrected chi connectivity index (χ4v) is 3.89. The summed E-state index contributed by atoms with van der Waals surface area (Å²) in [6.07, 6.45) is 5.74. The number of ether oxygens (including phenoxy) is 3. The summed E-state index contributed by atoms with van der Waals surface area (Å²) in [5.74, 6) is 2.35. The van der Waals surface area contributed by atoms with Gasteiger partial charge in [0.1, 0.15) is 5.75 Å². The van der Waals surface area contributed by atoms with E-state index in [1.54, 1.807) is 7.11 Å². The Hall–Kier alpha value is -2.69. The summed E-state index contributed by atoms with van der Waals surface area (Å²) in [7, 11) is 1.63. The molecule has 2 aliphatic rings. The van der Waals surface area contributed by atoms with E-state index < -0.39 is 0 Å². The van der Waals surface area contributed by atoms with Crippen molar-refractivity contribution >= 4 is 5.91 Å². The number of carbonyl (C=O) groups is 1. The average molecular weight is 367 g/mol. The van der Waals surface area contributed by atoms with Crippen LogP contribution in [0.3, 0.4) is 0 Å². The molecule has 4 rings (SSSR count). The van der Waals surface area contributed by atoms with Crippen LogP contribution >= 0.6 is 0 Å². The molecule has 5 nitrogen and oxygen atoms in total. The third kappa shape index (κ3) is 3.87. The molecular weight excluding hydrogens is 342 g/mol. The van der Waals surface area contributed by atoms with E-state index in [0.717, 1.165) is 35.7 Å². The van der Waals surface area contributed by atoms with Crippen molar-refractivity contribution in [2.45, 2.75) is 44.7 Å². The fraction of sp³-hybridized carbons (Fsp3) is 0.409. The molecule has 1 aliphatic carbocycles. The van der Waals surface area contributed by atoms with Crippen molar-refractivity contribution in [2.24, 2.45) is 0 Å². The highest BCUT2D eigenvalue weighted by molar-refractivity contribution is 5.94. The molecule has 0 atom stereocenters. The molecule has 0 bridgehead atoms. The number of amides is 1. The SMILES string of the molecule is COc1ccc(C(=O)N(Cc2ccc3c(c2)OCO3)C2CCCCC2)cc1. The van der Waals surface area contributed by atoms with E-state index in [9.17, 15) is 4.79 Å². The average Bonchev–Trinajstić information content (AvgIpc) is 3.20. The Morgan fingerprint density at radius 3 is 2.52 bits per heavy atom. The molecule has 1 aliphatic heterocycles. The van der Waals surface area contributed by atoms with Gasteiger partial charge < -0.3 is 19.1 Å². The summed E-state index contributed by atoms with van der Waals surface area (Å²) < 4.78 is 16.1. The van der Waals surface area contributed by atoms with Gasteiger partial charge in [0, 0.05) is 18.2 Å². The zero-order valence-corrected chi connectivity index (χ0v) is 15.6. The Morgan fingerprint density at radius 1 is 1.04 bits per heavy atom. The molecule has 0 radical (unpaired) electrons. The van der Waals surface area contributed by atoms with Gasteiger partial charge in [-0.05, 0) is 54.8 Å². The standard InChI is InChI=1S/C22H25NO4/c1-25-19-10-8-17(9-11-19)22(24)23(18-5-3-2-4-6-18)14-16-7-12-20-21(13-16)27-15-26-20/h7-13,18H,2-6,14-15H2,1H3. The highest BCUT2D eigenvalue weighted by atomic mass is 16.7. The van der Waals surface area contributed by atoms with Crippen molar-refractivity contribution < 1.29 is 19.0 Å². The predicted molar refractivity (Wildman–Crippen MR) is 102 cm³/mol. The highest BCUT2D eigenvalue weighted by Gasteiger charge is 2.27. The van der Waals surface area contributed by atoms with Crippen molar-refractivity contribution in [3.63, 3.8) is 0 Å². The van der Waals surface area contributed by atoms with Crippen LogP contribution in [0, 0.1) is 0 Å². The first-order valence-electron chi connectivity index (χ1n) is 9.58. The number of fused-ring (bicyclic) bond motifs is 1. The lowest BCUT2D eigenvalue weighted by molar-refractivity contribution is 0.0614. The quantitative estimate of drug-likeness (QED) is 0.786. The minimum absolute atomic E-state index is 0.0715. The van der Waals surface area contributed by atoms with Gasteiger partial charge in [0.25, 0.3) is 5.91 Å². The third-order valence-corrected chi connectivity index (χ3v) is 5.40. The molecule has 1 fully saturated rings. The predicted octanol–water partition coefficient (Wildman–Crippen LogP) is 4.40. The molecule has 1 amide bonds. The van der Waals surface area contributed by atoms with Crippen LogP contribution in [0.25, 0.3) is 0 Å². The molecule has 27 heavy (non-hydrogen) atoms. The van der Waals surface area contributed by atoms with Gasteiger partial charge in [-0.25, -0.2) is 0 Å². The minimum Gasteiger partial charge on any atom is -0.497 e. The first-order valence-corrected chi connectivity index (χ1v) is 9.58. The molecule has 1 saturated carbocycles. The molecule has 2 aromatic carbocycles. The van der Waals surface area contributed by atoms with Gasteiger partial charge in [0.2, 0.25) is 6.79 Å². The van der Waals surface area contributed by atoms with Gasteiger partial charge in [-0.1, -0.05) is 25.3 Å². The maximum absolute atomic E-state index is 13.3. The molecule has 0 spiro atoms. The van der Waals surface area contributed by atoms with Crippen LogP contribution < -0.4 is 14.2 Å². The summed E-state index contributed by atoms with van der Waals surface area (Å²) in [6, 6.07) is 13.6. The molecular formula is C22H25NO4. The smallest absolute Gasteiger partial charge is 0.254 e. The van der Waals surface area contributed by atoms with Crippen LogP contribution in [0.15, 0.2) is 42.5 Å². The van der Waals surface area contributed by atoms with Crippen molar-refractivity contribution in [3.8, 4) is 17.2 Å². The van der Waals surface area contributed by atoms with E-state index in [4.69, 9.17) is 14.2 Å². The van der Waals surface area contributed by atoms with Gasteiger partial charge in [-0.2, -0.15) is 0 Å². The summed E-state index contributed by atoms with van der Waals surface area (Å²) in [6.45, 7) is 0.835. The second-order valence-electron chi connectivity index (χ2n) is 7.14. The minimum atomic E-state index is 0.0715. The lowest BCUT2D eigenvalue weighted by Gasteiger charge is -2.34. The van der Waals surface area contributed by atoms with Crippen molar-refractivity contribution in [1.82, 2.24) is 4.90 Å². The van der Waals surface area contributed by atoms with Crippen molar-refractivity contribution in [3.05, 3.63) is 53.6 Å². The number of hydrogen-bond acceptors (Lipinski definition) is 4. The first-order chi connectivity index (χ1) is 13.2. The highest BCUT2D eigenvalue weighted by Crippen LogP contribution is 2.34. The van der Waals surface area contributed by atoms with Crippen LogP contribution in [0.1, 0.15) is 48.0 Å². The summed E-state index contributed by atoms with van der Waals surface area (Å²) in [5, 5.41) is 0. The summed E-state index contributed by atoms with van der Waals surface area (Å²) in [4.78, 5) is 15.3. The second kappa shape index (κ2) is 7.91. The Labute approximate surface area is 159 Å². The molecule has 0 N–H and O–H groups in total. The maximum atomic E-state index is 13.3. The van der Waals surface area contributed by atoms with Gasteiger partial charge in [0.15, 0.2) is 11.5 Å². The van der Waals surface area contributed by atoms with Gasteiger partial charge >= 0.3 is 0 Å². The van der Waals surface area contributed by atoms with Crippen molar-refractivity contribution in [2.75, 3.05) is 13.9 Å². The zero-order chi connectivity index (χ0) is 18.6. The molecule has 5 heteroatoms. The number of hydrogen-bond donors (Lipinski definition) is 0. The Bertz CT molecular complexity index is 796. The molecule has 2 aromatic rings. The molecule has 0 saturated heterocycles.